The van der Waals surface area contributed by atoms with Crippen molar-refractivity contribution < 1.29 is 4.74 Å². The lowest BCUT2D eigenvalue weighted by molar-refractivity contribution is 0.315. The summed E-state index contributed by atoms with van der Waals surface area (Å²) in [5, 5.41) is 9.49. The summed E-state index contributed by atoms with van der Waals surface area (Å²) in [4.78, 5) is 4.24. The molecule has 6 heteroatoms. The molecular weight excluding hydrogens is 260 g/mol. The van der Waals surface area contributed by atoms with Crippen molar-refractivity contribution in [2.24, 2.45) is 0 Å². The molecule has 19 heavy (non-hydrogen) atoms. The van der Waals surface area contributed by atoms with Crippen LogP contribution in [-0.2, 0) is 0 Å². The predicted molar refractivity (Wildman–Crippen MR) is 75.5 cm³/mol. The van der Waals surface area contributed by atoms with Gasteiger partial charge in [-0.25, -0.2) is 0 Å². The zero-order valence-corrected chi connectivity index (χ0v) is 12.0. The van der Waals surface area contributed by atoms with E-state index in [1.807, 2.05) is 17.6 Å². The number of nitrogens with zero attached hydrogens (tertiary/aromatic N) is 3. The smallest absolute Gasteiger partial charge is 0.137 e. The lowest BCUT2D eigenvalue weighted by Gasteiger charge is -2.16. The van der Waals surface area contributed by atoms with Gasteiger partial charge in [0.1, 0.15) is 5.75 Å². The Morgan fingerprint density at radius 2 is 2.26 bits per heavy atom. The monoisotopic (exact) mass is 278 g/mol. The van der Waals surface area contributed by atoms with Gasteiger partial charge in [-0.3, -0.25) is 4.98 Å². The first-order valence-electron chi connectivity index (χ1n) is 6.43. The van der Waals surface area contributed by atoms with Crippen LogP contribution in [0.15, 0.2) is 23.8 Å². The van der Waals surface area contributed by atoms with Gasteiger partial charge >= 0.3 is 0 Å². The quantitative estimate of drug-likeness (QED) is 0.843. The van der Waals surface area contributed by atoms with E-state index in [0.717, 1.165) is 30.0 Å². The Kier molecular flexibility index (Phi) is 5.23. The summed E-state index contributed by atoms with van der Waals surface area (Å²) in [7, 11) is 0. The molecule has 0 saturated carbocycles. The number of hydrogen-bond donors (Lipinski definition) is 1. The summed E-state index contributed by atoms with van der Waals surface area (Å²) in [6.45, 7) is 5.70. The van der Waals surface area contributed by atoms with Gasteiger partial charge in [0, 0.05) is 11.6 Å². The standard InChI is InChI=1S/C13H18N4OS/c1-3-5-18-11-6-10(7-14-8-11)13(15-4-2)12-9-19-17-16-12/h6-9,13,15H,3-5H2,1-2H3. The Balaban J connectivity index is 2.21. The van der Waals surface area contributed by atoms with Gasteiger partial charge in [0.2, 0.25) is 0 Å². The molecule has 0 aliphatic carbocycles. The maximum Gasteiger partial charge on any atom is 0.137 e. The Morgan fingerprint density at radius 3 is 2.95 bits per heavy atom. The highest BCUT2D eigenvalue weighted by atomic mass is 32.1. The average Bonchev–Trinajstić information content (AvgIpc) is 2.96. The second kappa shape index (κ2) is 7.16. The summed E-state index contributed by atoms with van der Waals surface area (Å²) in [6, 6.07) is 2.02. The number of rotatable bonds is 7. The second-order valence-corrected chi connectivity index (χ2v) is 4.73. The van der Waals surface area contributed by atoms with Crippen molar-refractivity contribution >= 4 is 11.5 Å². The highest BCUT2D eigenvalue weighted by molar-refractivity contribution is 7.03. The number of ether oxygens (including phenoxy) is 1. The summed E-state index contributed by atoms with van der Waals surface area (Å²) >= 11 is 1.35. The molecule has 1 atom stereocenters. The predicted octanol–water partition coefficient (Wildman–Crippen LogP) is 2.42. The van der Waals surface area contributed by atoms with Crippen LogP contribution in [0, 0.1) is 0 Å². The number of pyridine rings is 1. The van der Waals surface area contributed by atoms with Crippen LogP contribution in [0.4, 0.5) is 0 Å². The van der Waals surface area contributed by atoms with E-state index in [4.69, 9.17) is 4.74 Å². The maximum absolute atomic E-state index is 5.62. The third-order valence-corrected chi connectivity index (χ3v) is 3.14. The van der Waals surface area contributed by atoms with Gasteiger partial charge in [0.15, 0.2) is 0 Å². The molecule has 0 radical (unpaired) electrons. The van der Waals surface area contributed by atoms with Gasteiger partial charge in [0.05, 0.1) is 24.5 Å². The SMILES string of the molecule is CCCOc1cncc(C(NCC)c2csnn2)c1. The molecule has 5 nitrogen and oxygen atoms in total. The summed E-state index contributed by atoms with van der Waals surface area (Å²) < 4.78 is 9.54. The van der Waals surface area contributed by atoms with Crippen molar-refractivity contribution in [3.63, 3.8) is 0 Å². The summed E-state index contributed by atoms with van der Waals surface area (Å²) in [5.74, 6) is 0.797. The molecule has 102 valence electrons. The zero-order chi connectivity index (χ0) is 13.5. The normalized spacial score (nSPS) is 12.3. The van der Waals surface area contributed by atoms with Gasteiger partial charge in [-0.2, -0.15) is 0 Å². The molecule has 0 spiro atoms. The Labute approximate surface area is 117 Å². The Morgan fingerprint density at radius 1 is 1.37 bits per heavy atom. The van der Waals surface area contributed by atoms with E-state index >= 15 is 0 Å². The molecule has 1 unspecified atom stereocenters. The first-order valence-corrected chi connectivity index (χ1v) is 7.26. The van der Waals surface area contributed by atoms with Gasteiger partial charge < -0.3 is 10.1 Å². The third kappa shape index (κ3) is 3.71. The van der Waals surface area contributed by atoms with Crippen LogP contribution in [0.1, 0.15) is 37.6 Å². The van der Waals surface area contributed by atoms with Crippen LogP contribution < -0.4 is 10.1 Å². The molecular formula is C13H18N4OS. The van der Waals surface area contributed by atoms with Crippen molar-refractivity contribution in [2.75, 3.05) is 13.2 Å². The molecule has 0 aromatic carbocycles. The minimum Gasteiger partial charge on any atom is -0.492 e. The molecule has 0 amide bonds. The minimum absolute atomic E-state index is 0.0152. The van der Waals surface area contributed by atoms with Crippen molar-refractivity contribution in [2.45, 2.75) is 26.3 Å². The van der Waals surface area contributed by atoms with Crippen molar-refractivity contribution in [1.29, 1.82) is 0 Å². The molecule has 2 rings (SSSR count). The maximum atomic E-state index is 5.62. The Bertz CT molecular complexity index is 489. The number of aromatic nitrogens is 3. The van der Waals surface area contributed by atoms with Crippen LogP contribution in [-0.4, -0.2) is 27.7 Å². The highest BCUT2D eigenvalue weighted by Gasteiger charge is 2.16. The fraction of sp³-hybridized carbons (Fsp3) is 0.462. The largest absolute Gasteiger partial charge is 0.492 e. The van der Waals surface area contributed by atoms with E-state index in [2.05, 4.69) is 33.7 Å². The fourth-order valence-electron chi connectivity index (χ4n) is 1.79. The first kappa shape index (κ1) is 13.9. The lowest BCUT2D eigenvalue weighted by atomic mass is 10.1. The molecule has 0 aliphatic rings. The molecule has 0 fully saturated rings. The van der Waals surface area contributed by atoms with E-state index < -0.39 is 0 Å². The lowest BCUT2D eigenvalue weighted by Crippen LogP contribution is -2.22. The van der Waals surface area contributed by atoms with E-state index in [1.54, 1.807) is 6.20 Å². The van der Waals surface area contributed by atoms with Crippen LogP contribution >= 0.6 is 11.5 Å². The third-order valence-electron chi connectivity index (χ3n) is 2.62. The van der Waals surface area contributed by atoms with E-state index in [0.29, 0.717) is 6.61 Å². The molecule has 2 aromatic heterocycles. The highest BCUT2D eigenvalue weighted by Crippen LogP contribution is 2.23. The number of hydrogen-bond acceptors (Lipinski definition) is 6. The van der Waals surface area contributed by atoms with Crippen molar-refractivity contribution in [1.82, 2.24) is 19.9 Å². The van der Waals surface area contributed by atoms with Crippen LogP contribution in [0.5, 0.6) is 5.75 Å². The van der Waals surface area contributed by atoms with Gasteiger partial charge in [0.25, 0.3) is 0 Å². The molecule has 0 saturated heterocycles. The van der Waals surface area contributed by atoms with Crippen LogP contribution in [0.25, 0.3) is 0 Å². The minimum atomic E-state index is 0.0152. The molecule has 0 bridgehead atoms. The topological polar surface area (TPSA) is 59.9 Å². The van der Waals surface area contributed by atoms with Crippen molar-refractivity contribution in [3.8, 4) is 5.75 Å². The van der Waals surface area contributed by atoms with Gasteiger partial charge in [-0.05, 0) is 36.1 Å². The molecule has 2 heterocycles. The average molecular weight is 278 g/mol. The van der Waals surface area contributed by atoms with E-state index in [9.17, 15) is 0 Å². The van der Waals surface area contributed by atoms with E-state index in [1.165, 1.54) is 11.5 Å². The van der Waals surface area contributed by atoms with Crippen LogP contribution in [0.3, 0.4) is 0 Å². The second-order valence-electron chi connectivity index (χ2n) is 4.12. The molecule has 0 aliphatic heterocycles. The van der Waals surface area contributed by atoms with Crippen molar-refractivity contribution in [3.05, 3.63) is 35.1 Å². The Hall–Kier alpha value is -1.53. The van der Waals surface area contributed by atoms with Crippen LogP contribution in [0.2, 0.25) is 0 Å². The first-order chi connectivity index (χ1) is 9.35. The van der Waals surface area contributed by atoms with Gasteiger partial charge in [-0.15, -0.1) is 5.10 Å². The number of nitrogens with one attached hydrogen (secondary N) is 1. The zero-order valence-electron chi connectivity index (χ0n) is 11.2. The van der Waals surface area contributed by atoms with E-state index in [-0.39, 0.29) is 6.04 Å². The molecule has 2 aromatic rings. The van der Waals surface area contributed by atoms with Gasteiger partial charge in [-0.1, -0.05) is 18.3 Å². The summed E-state index contributed by atoms with van der Waals surface area (Å²) in [5.41, 5.74) is 1.96. The fourth-order valence-corrected chi connectivity index (χ4v) is 2.27. The summed E-state index contributed by atoms with van der Waals surface area (Å²) in [6.07, 6.45) is 4.56. The molecule has 1 N–H and O–H groups in total.